The Balaban J connectivity index is 0.00000161. The minimum absolute atomic E-state index is 0. The van der Waals surface area contributed by atoms with E-state index in [-0.39, 0.29) is 12.4 Å². The third-order valence-electron chi connectivity index (χ3n) is 4.25. The Morgan fingerprint density at radius 3 is 2.33 bits per heavy atom. The minimum Gasteiger partial charge on any atom is -0.330 e. The SMILES string of the molecule is Cl.NCC1CCC(c2ccc(Cl)c(Cl)c2)c2ccccc21. The van der Waals surface area contributed by atoms with Gasteiger partial charge in [0.15, 0.2) is 0 Å². The van der Waals surface area contributed by atoms with Crippen molar-refractivity contribution in [1.82, 2.24) is 0 Å². The molecule has 0 aromatic heterocycles. The molecule has 0 amide bonds. The molecular formula is C17H18Cl3N. The summed E-state index contributed by atoms with van der Waals surface area (Å²) >= 11 is 12.2. The van der Waals surface area contributed by atoms with Crippen LogP contribution in [0.1, 0.15) is 41.4 Å². The minimum atomic E-state index is 0. The fourth-order valence-electron chi connectivity index (χ4n) is 3.20. The summed E-state index contributed by atoms with van der Waals surface area (Å²) in [6.07, 6.45) is 2.23. The molecule has 2 atom stereocenters. The Hall–Kier alpha value is -0.730. The van der Waals surface area contributed by atoms with Gasteiger partial charge >= 0.3 is 0 Å². The molecule has 0 aliphatic heterocycles. The second kappa shape index (κ2) is 7.02. The summed E-state index contributed by atoms with van der Waals surface area (Å²) in [5.74, 6) is 0.869. The Labute approximate surface area is 141 Å². The van der Waals surface area contributed by atoms with Crippen LogP contribution < -0.4 is 5.73 Å². The van der Waals surface area contributed by atoms with Gasteiger partial charge in [-0.25, -0.2) is 0 Å². The lowest BCUT2D eigenvalue weighted by Crippen LogP contribution is -2.21. The van der Waals surface area contributed by atoms with E-state index >= 15 is 0 Å². The first-order valence-corrected chi connectivity index (χ1v) is 7.70. The smallest absolute Gasteiger partial charge is 0.0595 e. The van der Waals surface area contributed by atoms with Gasteiger partial charge in [0.1, 0.15) is 0 Å². The van der Waals surface area contributed by atoms with Crippen molar-refractivity contribution >= 4 is 35.6 Å². The monoisotopic (exact) mass is 341 g/mol. The van der Waals surface area contributed by atoms with E-state index in [1.807, 2.05) is 12.1 Å². The topological polar surface area (TPSA) is 26.0 Å². The molecule has 0 spiro atoms. The van der Waals surface area contributed by atoms with Crippen molar-refractivity contribution in [3.05, 3.63) is 69.2 Å². The molecule has 4 heteroatoms. The lowest BCUT2D eigenvalue weighted by atomic mass is 9.74. The molecule has 0 fully saturated rings. The number of hydrogen-bond donors (Lipinski definition) is 1. The zero-order valence-corrected chi connectivity index (χ0v) is 13.9. The molecule has 1 nitrogen and oxygen atoms in total. The molecule has 1 aliphatic rings. The van der Waals surface area contributed by atoms with Crippen LogP contribution in [0.25, 0.3) is 0 Å². The van der Waals surface area contributed by atoms with Gasteiger partial charge in [-0.05, 0) is 54.1 Å². The van der Waals surface area contributed by atoms with Crippen molar-refractivity contribution in [3.8, 4) is 0 Å². The Morgan fingerprint density at radius 2 is 1.67 bits per heavy atom. The summed E-state index contributed by atoms with van der Waals surface area (Å²) in [5, 5.41) is 1.24. The van der Waals surface area contributed by atoms with Crippen LogP contribution in [0.2, 0.25) is 10.0 Å². The summed E-state index contributed by atoms with van der Waals surface area (Å²) in [4.78, 5) is 0. The maximum Gasteiger partial charge on any atom is 0.0595 e. The third-order valence-corrected chi connectivity index (χ3v) is 4.98. The first-order chi connectivity index (χ1) is 9.70. The van der Waals surface area contributed by atoms with Gasteiger partial charge in [0.05, 0.1) is 10.0 Å². The highest BCUT2D eigenvalue weighted by Crippen LogP contribution is 2.42. The Morgan fingerprint density at radius 1 is 0.952 bits per heavy atom. The van der Waals surface area contributed by atoms with Crippen molar-refractivity contribution < 1.29 is 0 Å². The van der Waals surface area contributed by atoms with Crippen LogP contribution in [-0.2, 0) is 0 Å². The Bertz CT molecular complexity index is 627. The van der Waals surface area contributed by atoms with Gasteiger partial charge in [-0.2, -0.15) is 0 Å². The van der Waals surface area contributed by atoms with Gasteiger partial charge in [-0.15, -0.1) is 12.4 Å². The molecule has 0 heterocycles. The van der Waals surface area contributed by atoms with Gasteiger partial charge in [0, 0.05) is 5.92 Å². The first kappa shape index (κ1) is 16.6. The maximum absolute atomic E-state index is 6.16. The molecular weight excluding hydrogens is 325 g/mol. The van der Waals surface area contributed by atoms with Crippen molar-refractivity contribution in [1.29, 1.82) is 0 Å². The van der Waals surface area contributed by atoms with E-state index in [0.717, 1.165) is 12.8 Å². The van der Waals surface area contributed by atoms with Crippen LogP contribution in [0, 0.1) is 0 Å². The molecule has 0 saturated carbocycles. The number of halogens is 3. The zero-order chi connectivity index (χ0) is 14.1. The van der Waals surface area contributed by atoms with E-state index in [9.17, 15) is 0 Å². The molecule has 0 radical (unpaired) electrons. The number of benzene rings is 2. The predicted molar refractivity (Wildman–Crippen MR) is 93.0 cm³/mol. The highest BCUT2D eigenvalue weighted by Gasteiger charge is 2.27. The van der Waals surface area contributed by atoms with E-state index in [1.54, 1.807) is 0 Å². The average molecular weight is 343 g/mol. The molecule has 2 N–H and O–H groups in total. The second-order valence-corrected chi connectivity index (χ2v) is 6.18. The first-order valence-electron chi connectivity index (χ1n) is 6.94. The molecule has 112 valence electrons. The van der Waals surface area contributed by atoms with Crippen LogP contribution in [0.3, 0.4) is 0 Å². The van der Waals surface area contributed by atoms with Gasteiger partial charge in [0.2, 0.25) is 0 Å². The van der Waals surface area contributed by atoms with Crippen LogP contribution in [0.15, 0.2) is 42.5 Å². The molecule has 1 aliphatic carbocycles. The largest absolute Gasteiger partial charge is 0.330 e. The normalized spacial score (nSPS) is 20.5. The van der Waals surface area contributed by atoms with E-state index in [0.29, 0.717) is 28.4 Å². The van der Waals surface area contributed by atoms with Crippen molar-refractivity contribution in [2.75, 3.05) is 6.54 Å². The number of hydrogen-bond acceptors (Lipinski definition) is 1. The van der Waals surface area contributed by atoms with Crippen LogP contribution in [0.5, 0.6) is 0 Å². The van der Waals surface area contributed by atoms with Crippen LogP contribution >= 0.6 is 35.6 Å². The fraction of sp³-hybridized carbons (Fsp3) is 0.294. The van der Waals surface area contributed by atoms with Crippen LogP contribution in [-0.4, -0.2) is 6.54 Å². The maximum atomic E-state index is 6.16. The quantitative estimate of drug-likeness (QED) is 0.778. The van der Waals surface area contributed by atoms with E-state index in [1.165, 1.54) is 16.7 Å². The number of fused-ring (bicyclic) bond motifs is 1. The zero-order valence-electron chi connectivity index (χ0n) is 11.6. The summed E-state index contributed by atoms with van der Waals surface area (Å²) in [6, 6.07) is 14.6. The molecule has 0 saturated heterocycles. The standard InChI is InChI=1S/C17H17Cl2N.ClH/c18-16-8-6-11(9-17(16)19)14-7-5-12(10-20)13-3-1-2-4-15(13)14;/h1-4,6,8-9,12,14H,5,7,10,20H2;1H. The van der Waals surface area contributed by atoms with E-state index in [2.05, 4.69) is 30.3 Å². The summed E-state index contributed by atoms with van der Waals surface area (Å²) < 4.78 is 0. The summed E-state index contributed by atoms with van der Waals surface area (Å²) in [7, 11) is 0. The molecule has 2 aromatic carbocycles. The molecule has 21 heavy (non-hydrogen) atoms. The number of nitrogens with two attached hydrogens (primary N) is 1. The lowest BCUT2D eigenvalue weighted by molar-refractivity contribution is 0.523. The molecule has 2 aromatic rings. The highest BCUT2D eigenvalue weighted by molar-refractivity contribution is 6.42. The summed E-state index contributed by atoms with van der Waals surface area (Å²) in [6.45, 7) is 0.713. The van der Waals surface area contributed by atoms with Crippen molar-refractivity contribution in [2.24, 2.45) is 5.73 Å². The van der Waals surface area contributed by atoms with Crippen molar-refractivity contribution in [2.45, 2.75) is 24.7 Å². The van der Waals surface area contributed by atoms with Gasteiger partial charge in [-0.3, -0.25) is 0 Å². The number of rotatable bonds is 2. The highest BCUT2D eigenvalue weighted by atomic mass is 35.5. The fourth-order valence-corrected chi connectivity index (χ4v) is 3.51. The van der Waals surface area contributed by atoms with Gasteiger partial charge in [-0.1, -0.05) is 53.5 Å². The van der Waals surface area contributed by atoms with E-state index in [4.69, 9.17) is 28.9 Å². The molecule has 2 unspecified atom stereocenters. The van der Waals surface area contributed by atoms with E-state index < -0.39 is 0 Å². The van der Waals surface area contributed by atoms with Gasteiger partial charge < -0.3 is 5.73 Å². The second-order valence-electron chi connectivity index (χ2n) is 5.37. The predicted octanol–water partition coefficient (Wildman–Crippen LogP) is 5.38. The summed E-state index contributed by atoms with van der Waals surface area (Å²) in [5.41, 5.74) is 9.91. The van der Waals surface area contributed by atoms with Crippen LogP contribution in [0.4, 0.5) is 0 Å². The Kier molecular flexibility index (Phi) is 5.56. The van der Waals surface area contributed by atoms with Gasteiger partial charge in [0.25, 0.3) is 0 Å². The molecule has 0 bridgehead atoms. The average Bonchev–Trinajstić information content (AvgIpc) is 2.49. The molecule has 3 rings (SSSR count). The third kappa shape index (κ3) is 3.22. The van der Waals surface area contributed by atoms with Crippen molar-refractivity contribution in [3.63, 3.8) is 0 Å². The lowest BCUT2D eigenvalue weighted by Gasteiger charge is -2.31.